The molecule has 1 aromatic carbocycles. The van der Waals surface area contributed by atoms with Crippen molar-refractivity contribution in [3.8, 4) is 5.75 Å². The van der Waals surface area contributed by atoms with Crippen LogP contribution in [0.3, 0.4) is 0 Å². The van der Waals surface area contributed by atoms with Gasteiger partial charge in [0.1, 0.15) is 12.3 Å². The predicted octanol–water partition coefficient (Wildman–Crippen LogP) is 2.54. The van der Waals surface area contributed by atoms with Gasteiger partial charge in [0.2, 0.25) is 5.91 Å². The maximum absolute atomic E-state index is 13.3. The average Bonchev–Trinajstić information content (AvgIpc) is 3.57. The number of likely N-dealkylation sites (tertiary alicyclic amines) is 2. The Kier molecular flexibility index (Phi) is 5.08. The number of amides is 1. The molecule has 2 saturated heterocycles. The highest BCUT2D eigenvalue weighted by Crippen LogP contribution is 2.56. The first kappa shape index (κ1) is 22.1. The van der Waals surface area contributed by atoms with Crippen molar-refractivity contribution < 1.29 is 15.0 Å². The van der Waals surface area contributed by atoms with E-state index in [-0.39, 0.29) is 24.2 Å². The highest BCUT2D eigenvalue weighted by molar-refractivity contribution is 5.76. The van der Waals surface area contributed by atoms with Crippen molar-refractivity contribution in [2.45, 2.75) is 76.0 Å². The Morgan fingerprint density at radius 1 is 1.12 bits per heavy atom. The van der Waals surface area contributed by atoms with Gasteiger partial charge in [-0.1, -0.05) is 6.07 Å². The van der Waals surface area contributed by atoms with Crippen LogP contribution in [-0.2, 0) is 23.2 Å². The summed E-state index contributed by atoms with van der Waals surface area (Å²) in [6.45, 7) is 7.37. The number of carbonyl (C=O) groups excluding carboxylic acids is 1. The second-order valence-corrected chi connectivity index (χ2v) is 11.2. The SMILES string of the molecule is Cc1cc(C)n(CC(=O)N2CCC34CCN(CC5CC5)C(Cc5ccc(O)cc53)C4(O)CC2)n1. The van der Waals surface area contributed by atoms with Gasteiger partial charge in [0.05, 0.1) is 11.3 Å². The quantitative estimate of drug-likeness (QED) is 0.727. The number of piperidine rings is 1. The molecule has 7 heteroatoms. The van der Waals surface area contributed by atoms with Gasteiger partial charge >= 0.3 is 0 Å². The van der Waals surface area contributed by atoms with Crippen LogP contribution in [0.1, 0.15) is 54.6 Å². The van der Waals surface area contributed by atoms with Gasteiger partial charge in [-0.3, -0.25) is 14.4 Å². The summed E-state index contributed by atoms with van der Waals surface area (Å²) < 4.78 is 1.78. The van der Waals surface area contributed by atoms with Crippen LogP contribution in [0.5, 0.6) is 5.75 Å². The zero-order valence-electron chi connectivity index (χ0n) is 20.3. The topological polar surface area (TPSA) is 81.8 Å². The number of phenols is 1. The molecule has 7 nitrogen and oxygen atoms in total. The molecule has 3 heterocycles. The van der Waals surface area contributed by atoms with Crippen molar-refractivity contribution in [1.29, 1.82) is 0 Å². The van der Waals surface area contributed by atoms with E-state index in [0.29, 0.717) is 19.5 Å². The highest BCUT2D eigenvalue weighted by Gasteiger charge is 2.63. The normalized spacial score (nSPS) is 31.0. The zero-order valence-corrected chi connectivity index (χ0v) is 20.3. The van der Waals surface area contributed by atoms with Gasteiger partial charge in [-0.15, -0.1) is 0 Å². The molecule has 1 aromatic heterocycles. The summed E-state index contributed by atoms with van der Waals surface area (Å²) in [5.74, 6) is 1.09. The number of benzene rings is 1. The molecule has 2 aliphatic carbocycles. The van der Waals surface area contributed by atoms with Crippen LogP contribution < -0.4 is 0 Å². The smallest absolute Gasteiger partial charge is 0.244 e. The van der Waals surface area contributed by atoms with Crippen LogP contribution >= 0.6 is 0 Å². The Labute approximate surface area is 201 Å². The molecule has 3 unspecified atom stereocenters. The number of hydrogen-bond acceptors (Lipinski definition) is 5. The van der Waals surface area contributed by atoms with Crippen LogP contribution in [0.2, 0.25) is 0 Å². The fourth-order valence-electron chi connectivity index (χ4n) is 7.18. The first-order valence-electron chi connectivity index (χ1n) is 12.9. The molecule has 182 valence electrons. The minimum absolute atomic E-state index is 0.0601. The number of hydrogen-bond donors (Lipinski definition) is 2. The first-order chi connectivity index (χ1) is 16.3. The third-order valence-corrected chi connectivity index (χ3v) is 9.17. The van der Waals surface area contributed by atoms with Crippen molar-refractivity contribution in [1.82, 2.24) is 19.6 Å². The third-order valence-electron chi connectivity index (χ3n) is 9.17. The molecule has 34 heavy (non-hydrogen) atoms. The van der Waals surface area contributed by atoms with Gasteiger partial charge in [0, 0.05) is 36.8 Å². The van der Waals surface area contributed by atoms with E-state index >= 15 is 0 Å². The lowest BCUT2D eigenvalue weighted by molar-refractivity contribution is -0.149. The monoisotopic (exact) mass is 464 g/mol. The van der Waals surface area contributed by atoms with Crippen LogP contribution in [0.4, 0.5) is 0 Å². The van der Waals surface area contributed by atoms with Gasteiger partial charge in [-0.25, -0.2) is 0 Å². The van der Waals surface area contributed by atoms with Crippen LogP contribution in [-0.4, -0.2) is 73.5 Å². The van der Waals surface area contributed by atoms with Crippen LogP contribution in [0.15, 0.2) is 24.3 Å². The minimum Gasteiger partial charge on any atom is -0.508 e. The summed E-state index contributed by atoms with van der Waals surface area (Å²) in [7, 11) is 0. The third kappa shape index (κ3) is 3.39. The van der Waals surface area contributed by atoms with Gasteiger partial charge < -0.3 is 15.1 Å². The maximum atomic E-state index is 13.3. The molecule has 4 aliphatic rings. The molecule has 3 atom stereocenters. The second kappa shape index (κ2) is 7.82. The van der Waals surface area contributed by atoms with E-state index in [1.54, 1.807) is 10.7 Å². The van der Waals surface area contributed by atoms with Crippen LogP contribution in [0.25, 0.3) is 0 Å². The van der Waals surface area contributed by atoms with Crippen LogP contribution in [0, 0.1) is 19.8 Å². The lowest BCUT2D eigenvalue weighted by Crippen LogP contribution is -2.71. The van der Waals surface area contributed by atoms with Gasteiger partial charge in [-0.2, -0.15) is 5.10 Å². The number of aliphatic hydroxyl groups is 1. The number of carbonyl (C=O) groups is 1. The second-order valence-electron chi connectivity index (χ2n) is 11.2. The number of fused-ring (bicyclic) bond motifs is 1. The molecular weight excluding hydrogens is 428 g/mol. The van der Waals surface area contributed by atoms with E-state index in [2.05, 4.69) is 16.1 Å². The first-order valence-corrected chi connectivity index (χ1v) is 12.9. The number of aryl methyl sites for hydroxylation is 2. The molecule has 1 amide bonds. The van der Waals surface area contributed by atoms with Gasteiger partial charge in [-0.05, 0) is 94.2 Å². The molecule has 3 fully saturated rings. The van der Waals surface area contributed by atoms with E-state index in [1.807, 2.05) is 30.9 Å². The van der Waals surface area contributed by atoms with Crippen molar-refractivity contribution in [2.24, 2.45) is 5.92 Å². The molecule has 2 bridgehead atoms. The molecule has 0 spiro atoms. The van der Waals surface area contributed by atoms with Crippen molar-refractivity contribution >= 4 is 5.91 Å². The van der Waals surface area contributed by atoms with E-state index in [0.717, 1.165) is 55.2 Å². The van der Waals surface area contributed by atoms with E-state index in [4.69, 9.17) is 0 Å². The lowest BCUT2D eigenvalue weighted by Gasteiger charge is -2.61. The summed E-state index contributed by atoms with van der Waals surface area (Å²) in [5, 5.41) is 27.4. The lowest BCUT2D eigenvalue weighted by atomic mass is 9.52. The average molecular weight is 465 g/mol. The molecule has 0 radical (unpaired) electrons. The highest BCUT2D eigenvalue weighted by atomic mass is 16.3. The zero-order chi connectivity index (χ0) is 23.7. The van der Waals surface area contributed by atoms with Crippen molar-refractivity contribution in [3.63, 3.8) is 0 Å². The number of rotatable bonds is 4. The summed E-state index contributed by atoms with van der Waals surface area (Å²) >= 11 is 0. The Morgan fingerprint density at radius 3 is 2.62 bits per heavy atom. The Balaban J connectivity index is 1.33. The number of nitrogens with zero attached hydrogens (tertiary/aromatic N) is 4. The summed E-state index contributed by atoms with van der Waals surface area (Å²) in [6.07, 6.45) is 5.55. The number of aromatic hydroxyl groups is 1. The standard InChI is InChI=1S/C27H36N4O3/c1-18-13-19(2)31(28-18)17-25(33)29-10-7-26-8-11-30(16-20-3-4-20)24(27(26,34)9-12-29)14-21-5-6-22(32)15-23(21)26/h5-6,13,15,20,24,32,34H,3-4,7-12,14,16-17H2,1-2H3. The molecule has 1 saturated carbocycles. The largest absolute Gasteiger partial charge is 0.508 e. The maximum Gasteiger partial charge on any atom is 0.244 e. The fourth-order valence-corrected chi connectivity index (χ4v) is 7.18. The van der Waals surface area contributed by atoms with Crippen molar-refractivity contribution in [2.75, 3.05) is 26.2 Å². The summed E-state index contributed by atoms with van der Waals surface area (Å²) in [6, 6.07) is 7.77. The Bertz CT molecular complexity index is 1130. The minimum atomic E-state index is -0.909. The summed E-state index contributed by atoms with van der Waals surface area (Å²) in [5.41, 5.74) is 2.91. The number of phenolic OH excluding ortho intramolecular Hbond substituents is 1. The Hall–Kier alpha value is -2.38. The molecule has 2 aliphatic heterocycles. The van der Waals surface area contributed by atoms with Gasteiger partial charge in [0.15, 0.2) is 0 Å². The van der Waals surface area contributed by atoms with Crippen molar-refractivity contribution in [3.05, 3.63) is 46.8 Å². The fraction of sp³-hybridized carbons (Fsp3) is 0.630. The van der Waals surface area contributed by atoms with E-state index < -0.39 is 11.0 Å². The van der Waals surface area contributed by atoms with E-state index in [1.165, 1.54) is 18.4 Å². The number of aromatic nitrogens is 2. The molecule has 6 rings (SSSR count). The molecule has 2 aromatic rings. The predicted molar refractivity (Wildman–Crippen MR) is 129 cm³/mol. The Morgan fingerprint density at radius 2 is 1.88 bits per heavy atom. The molecular formula is C27H36N4O3. The molecule has 2 N–H and O–H groups in total. The van der Waals surface area contributed by atoms with Gasteiger partial charge in [0.25, 0.3) is 0 Å². The summed E-state index contributed by atoms with van der Waals surface area (Å²) in [4.78, 5) is 17.8. The van der Waals surface area contributed by atoms with E-state index in [9.17, 15) is 15.0 Å².